The number of rotatable bonds is 6. The minimum atomic E-state index is -0.243. The Hall–Kier alpha value is -2.38. The zero-order valence-electron chi connectivity index (χ0n) is 15.0. The number of nitrogens with zero attached hydrogens (tertiary/aromatic N) is 3. The van der Waals surface area contributed by atoms with E-state index in [0.29, 0.717) is 21.7 Å². The van der Waals surface area contributed by atoms with E-state index in [1.54, 1.807) is 35.0 Å². The third-order valence-corrected chi connectivity index (χ3v) is 5.43. The van der Waals surface area contributed by atoms with Crippen molar-refractivity contribution in [2.24, 2.45) is 0 Å². The molecule has 27 heavy (non-hydrogen) atoms. The van der Waals surface area contributed by atoms with Gasteiger partial charge >= 0.3 is 0 Å². The second-order valence-electron chi connectivity index (χ2n) is 6.02. The monoisotopic (exact) mass is 402 g/mol. The van der Waals surface area contributed by atoms with Crippen LogP contribution in [0.1, 0.15) is 26.3 Å². The summed E-state index contributed by atoms with van der Waals surface area (Å²) in [6, 6.07) is 10.6. The third kappa shape index (κ3) is 4.31. The number of hydrogen-bond donors (Lipinski definition) is 1. The van der Waals surface area contributed by atoms with E-state index in [1.165, 1.54) is 11.8 Å². The first-order chi connectivity index (χ1) is 13.0. The number of carbonyl (C=O) groups is 1. The molecular weight excluding hydrogens is 384 g/mol. The van der Waals surface area contributed by atoms with Crippen LogP contribution in [0.5, 0.6) is 0 Å². The number of carbonyl (C=O) groups excluding carboxylic acids is 1. The maximum atomic E-state index is 12.9. The molecular formula is C19H19ClN4O2S. The Labute approximate surface area is 166 Å². The predicted octanol–water partition coefficient (Wildman–Crippen LogP) is 4.15. The van der Waals surface area contributed by atoms with Crippen LogP contribution in [-0.2, 0) is 4.79 Å². The van der Waals surface area contributed by atoms with Gasteiger partial charge in [-0.05, 0) is 37.6 Å². The summed E-state index contributed by atoms with van der Waals surface area (Å²) in [5.41, 5.74) is 0.990. The third-order valence-electron chi connectivity index (χ3n) is 4.17. The summed E-state index contributed by atoms with van der Waals surface area (Å²) in [7, 11) is 0. The number of benzene rings is 1. The first kappa shape index (κ1) is 19.4. The summed E-state index contributed by atoms with van der Waals surface area (Å²) >= 11 is 7.20. The average Bonchev–Trinajstić information content (AvgIpc) is 2.68. The van der Waals surface area contributed by atoms with Crippen LogP contribution in [0.2, 0.25) is 5.15 Å². The quantitative estimate of drug-likeness (QED) is 0.381. The lowest BCUT2D eigenvalue weighted by Crippen LogP contribution is -2.26. The molecule has 0 spiro atoms. The molecule has 1 atom stereocenters. The number of aromatic nitrogens is 3. The Balaban J connectivity index is 1.86. The summed E-state index contributed by atoms with van der Waals surface area (Å²) in [5, 5.41) is 4.06. The molecule has 6 nitrogen and oxygen atoms in total. The number of thioether (sulfide) groups is 1. The van der Waals surface area contributed by atoms with Crippen LogP contribution in [0.15, 0.2) is 52.5 Å². The van der Waals surface area contributed by atoms with Crippen molar-refractivity contribution in [3.05, 3.63) is 58.1 Å². The van der Waals surface area contributed by atoms with Gasteiger partial charge in [-0.1, -0.05) is 42.4 Å². The summed E-state index contributed by atoms with van der Waals surface area (Å²) in [6.07, 6.45) is 2.33. The van der Waals surface area contributed by atoms with Crippen LogP contribution in [0.25, 0.3) is 10.9 Å². The van der Waals surface area contributed by atoms with Gasteiger partial charge in [0.15, 0.2) is 10.3 Å². The van der Waals surface area contributed by atoms with Crippen molar-refractivity contribution < 1.29 is 4.79 Å². The van der Waals surface area contributed by atoms with Crippen molar-refractivity contribution in [2.75, 3.05) is 11.1 Å². The standard InChI is InChI=1S/C19H19ClN4O2S/c1-3-12(2)24-18(26)13-7-4-5-8-14(13)23-19(24)27-11-16(25)22-15-9-6-10-21-17(15)20/h4-10,12H,3,11H2,1-2H3,(H,22,25)/t12-/m1/s1. The Bertz CT molecular complexity index is 1040. The van der Waals surface area contributed by atoms with Gasteiger partial charge in [0.2, 0.25) is 5.91 Å². The molecule has 3 aromatic rings. The lowest BCUT2D eigenvalue weighted by atomic mass is 10.2. The minimum Gasteiger partial charge on any atom is -0.323 e. The lowest BCUT2D eigenvalue weighted by Gasteiger charge is -2.18. The van der Waals surface area contributed by atoms with E-state index in [0.717, 1.165) is 6.42 Å². The van der Waals surface area contributed by atoms with Crippen LogP contribution in [0.4, 0.5) is 5.69 Å². The molecule has 2 aromatic heterocycles. The summed E-state index contributed by atoms with van der Waals surface area (Å²) < 4.78 is 1.66. The molecule has 0 unspecified atom stereocenters. The lowest BCUT2D eigenvalue weighted by molar-refractivity contribution is -0.113. The van der Waals surface area contributed by atoms with E-state index < -0.39 is 0 Å². The maximum Gasteiger partial charge on any atom is 0.262 e. The zero-order valence-corrected chi connectivity index (χ0v) is 16.5. The normalized spacial score (nSPS) is 12.1. The van der Waals surface area contributed by atoms with E-state index in [-0.39, 0.29) is 28.4 Å². The largest absolute Gasteiger partial charge is 0.323 e. The first-order valence-corrected chi connectivity index (χ1v) is 9.92. The highest BCUT2D eigenvalue weighted by molar-refractivity contribution is 7.99. The second-order valence-corrected chi connectivity index (χ2v) is 7.32. The van der Waals surface area contributed by atoms with Gasteiger partial charge in [0.1, 0.15) is 0 Å². The van der Waals surface area contributed by atoms with Gasteiger partial charge < -0.3 is 5.32 Å². The molecule has 1 amide bonds. The predicted molar refractivity (Wildman–Crippen MR) is 110 cm³/mol. The highest BCUT2D eigenvalue weighted by atomic mass is 35.5. The number of nitrogens with one attached hydrogen (secondary N) is 1. The van der Waals surface area contributed by atoms with Crippen molar-refractivity contribution >= 4 is 45.9 Å². The molecule has 1 aromatic carbocycles. The molecule has 0 aliphatic carbocycles. The molecule has 8 heteroatoms. The molecule has 0 saturated carbocycles. The smallest absolute Gasteiger partial charge is 0.262 e. The van der Waals surface area contributed by atoms with E-state index in [1.807, 2.05) is 26.0 Å². The van der Waals surface area contributed by atoms with Crippen molar-refractivity contribution in [3.8, 4) is 0 Å². The molecule has 0 fully saturated rings. The number of hydrogen-bond acceptors (Lipinski definition) is 5. The molecule has 0 aliphatic heterocycles. The van der Waals surface area contributed by atoms with Crippen LogP contribution in [0, 0.1) is 0 Å². The van der Waals surface area contributed by atoms with Crippen LogP contribution < -0.4 is 10.9 Å². The molecule has 0 saturated heterocycles. The summed E-state index contributed by atoms with van der Waals surface area (Å²) in [6.45, 7) is 3.98. The Morgan fingerprint density at radius 3 is 2.81 bits per heavy atom. The van der Waals surface area contributed by atoms with Gasteiger partial charge in [-0.3, -0.25) is 14.2 Å². The van der Waals surface area contributed by atoms with Crippen LogP contribution in [-0.4, -0.2) is 26.2 Å². The van der Waals surface area contributed by atoms with Crippen LogP contribution in [0.3, 0.4) is 0 Å². The summed E-state index contributed by atoms with van der Waals surface area (Å²) in [4.78, 5) is 33.8. The molecule has 0 radical (unpaired) electrons. The van der Waals surface area contributed by atoms with Gasteiger partial charge in [-0.25, -0.2) is 9.97 Å². The number of amides is 1. The maximum absolute atomic E-state index is 12.9. The van der Waals surface area contributed by atoms with Gasteiger partial charge in [0, 0.05) is 12.2 Å². The van der Waals surface area contributed by atoms with E-state index in [2.05, 4.69) is 15.3 Å². The fourth-order valence-electron chi connectivity index (χ4n) is 2.59. The fraction of sp³-hybridized carbons (Fsp3) is 0.263. The number of fused-ring (bicyclic) bond motifs is 1. The minimum absolute atomic E-state index is 0.0204. The van der Waals surface area contributed by atoms with Gasteiger partial charge in [0.05, 0.1) is 22.3 Å². The highest BCUT2D eigenvalue weighted by Gasteiger charge is 2.17. The SMILES string of the molecule is CC[C@@H](C)n1c(SCC(=O)Nc2cccnc2Cl)nc2ccccc2c1=O. The van der Waals surface area contributed by atoms with E-state index in [4.69, 9.17) is 11.6 Å². The Morgan fingerprint density at radius 1 is 1.30 bits per heavy atom. The van der Waals surface area contributed by atoms with Crippen molar-refractivity contribution in [1.82, 2.24) is 14.5 Å². The topological polar surface area (TPSA) is 76.9 Å². The zero-order chi connectivity index (χ0) is 19.4. The number of halogens is 1. The molecule has 0 bridgehead atoms. The van der Waals surface area contributed by atoms with E-state index >= 15 is 0 Å². The number of anilines is 1. The van der Waals surface area contributed by atoms with Crippen LogP contribution >= 0.6 is 23.4 Å². The van der Waals surface area contributed by atoms with Gasteiger partial charge in [0.25, 0.3) is 5.56 Å². The average molecular weight is 403 g/mol. The molecule has 2 heterocycles. The number of pyridine rings is 1. The molecule has 1 N–H and O–H groups in total. The molecule has 0 aliphatic rings. The summed E-state index contributed by atoms with van der Waals surface area (Å²) in [5.74, 6) is -0.139. The van der Waals surface area contributed by atoms with Crippen molar-refractivity contribution in [2.45, 2.75) is 31.5 Å². The molecule has 3 rings (SSSR count). The van der Waals surface area contributed by atoms with Crippen molar-refractivity contribution in [1.29, 1.82) is 0 Å². The fourth-order valence-corrected chi connectivity index (χ4v) is 3.66. The van der Waals surface area contributed by atoms with Gasteiger partial charge in [-0.2, -0.15) is 0 Å². The van der Waals surface area contributed by atoms with Crippen molar-refractivity contribution in [3.63, 3.8) is 0 Å². The Morgan fingerprint density at radius 2 is 2.07 bits per heavy atom. The number of para-hydroxylation sites is 1. The van der Waals surface area contributed by atoms with Gasteiger partial charge in [-0.15, -0.1) is 0 Å². The first-order valence-electron chi connectivity index (χ1n) is 8.55. The Kier molecular flexibility index (Phi) is 6.13. The second kappa shape index (κ2) is 8.54. The highest BCUT2D eigenvalue weighted by Crippen LogP contribution is 2.23. The van der Waals surface area contributed by atoms with E-state index in [9.17, 15) is 9.59 Å². The molecule has 140 valence electrons.